The first-order valence-electron chi connectivity index (χ1n) is 8.87. The molecule has 3 rings (SSSR count). The number of nitrogens with two attached hydrogens (primary N) is 1. The lowest BCUT2D eigenvalue weighted by Crippen LogP contribution is -2.49. The lowest BCUT2D eigenvalue weighted by atomic mass is 9.65. The lowest BCUT2D eigenvalue weighted by molar-refractivity contribution is -0.139. The third kappa shape index (κ3) is 3.57. The van der Waals surface area contributed by atoms with E-state index in [4.69, 9.17) is 5.73 Å². The molecule has 3 nitrogen and oxygen atoms in total. The molecule has 2 bridgehead atoms. The number of rotatable bonds is 4. The monoisotopic (exact) mass is 318 g/mol. The smallest absolute Gasteiger partial charge is 0.225 e. The minimum absolute atomic E-state index is 0.0959. The highest BCUT2D eigenvalue weighted by molar-refractivity contribution is 5.79. The SMILES string of the molecule is CCN(Cc1cccc(F)c1)C(=O)C1CC2CCCC(C1)C2N. The van der Waals surface area contributed by atoms with Crippen LogP contribution in [0.2, 0.25) is 0 Å². The van der Waals surface area contributed by atoms with Crippen LogP contribution >= 0.6 is 0 Å². The number of carbonyl (C=O) groups excluding carboxylic acids is 1. The molecule has 1 amide bonds. The van der Waals surface area contributed by atoms with E-state index >= 15 is 0 Å². The Balaban J connectivity index is 1.68. The third-order valence-corrected chi connectivity index (χ3v) is 5.72. The van der Waals surface area contributed by atoms with E-state index < -0.39 is 0 Å². The van der Waals surface area contributed by atoms with Crippen LogP contribution in [0.1, 0.15) is 44.6 Å². The minimum Gasteiger partial charge on any atom is -0.338 e. The van der Waals surface area contributed by atoms with E-state index in [1.165, 1.54) is 18.6 Å². The molecule has 0 radical (unpaired) electrons. The van der Waals surface area contributed by atoms with E-state index in [9.17, 15) is 9.18 Å². The van der Waals surface area contributed by atoms with Gasteiger partial charge in [-0.3, -0.25) is 4.79 Å². The first kappa shape index (κ1) is 16.4. The first-order valence-corrected chi connectivity index (χ1v) is 8.87. The summed E-state index contributed by atoms with van der Waals surface area (Å²) < 4.78 is 13.4. The summed E-state index contributed by atoms with van der Waals surface area (Å²) in [5, 5.41) is 0. The molecule has 2 fully saturated rings. The molecule has 126 valence electrons. The molecule has 2 saturated carbocycles. The molecule has 0 heterocycles. The van der Waals surface area contributed by atoms with Gasteiger partial charge in [0, 0.05) is 25.0 Å². The summed E-state index contributed by atoms with van der Waals surface area (Å²) >= 11 is 0. The van der Waals surface area contributed by atoms with Crippen LogP contribution in [-0.4, -0.2) is 23.4 Å². The van der Waals surface area contributed by atoms with Crippen molar-refractivity contribution in [3.05, 3.63) is 35.6 Å². The fourth-order valence-corrected chi connectivity index (χ4v) is 4.45. The van der Waals surface area contributed by atoms with Gasteiger partial charge in [-0.25, -0.2) is 4.39 Å². The van der Waals surface area contributed by atoms with Crippen LogP contribution in [-0.2, 0) is 11.3 Å². The molecule has 1 aromatic carbocycles. The quantitative estimate of drug-likeness (QED) is 0.925. The molecule has 0 aromatic heterocycles. The van der Waals surface area contributed by atoms with Crippen LogP contribution in [0, 0.1) is 23.6 Å². The highest BCUT2D eigenvalue weighted by Crippen LogP contribution is 2.42. The maximum atomic E-state index is 13.4. The first-order chi connectivity index (χ1) is 11.1. The van der Waals surface area contributed by atoms with Crippen molar-refractivity contribution in [2.45, 2.75) is 51.6 Å². The van der Waals surface area contributed by atoms with Gasteiger partial charge in [0.25, 0.3) is 0 Å². The van der Waals surface area contributed by atoms with E-state index in [2.05, 4.69) is 0 Å². The van der Waals surface area contributed by atoms with Gasteiger partial charge in [-0.1, -0.05) is 18.6 Å². The number of nitrogens with zero attached hydrogens (tertiary/aromatic N) is 1. The van der Waals surface area contributed by atoms with Gasteiger partial charge in [-0.15, -0.1) is 0 Å². The van der Waals surface area contributed by atoms with Crippen LogP contribution in [0.3, 0.4) is 0 Å². The predicted octanol–water partition coefficient (Wildman–Crippen LogP) is 3.33. The summed E-state index contributed by atoms with van der Waals surface area (Å²) in [6, 6.07) is 6.82. The Kier molecular flexibility index (Phi) is 5.00. The molecule has 2 aliphatic carbocycles. The van der Waals surface area contributed by atoms with Crippen LogP contribution in [0.4, 0.5) is 4.39 Å². The van der Waals surface area contributed by atoms with Crippen molar-refractivity contribution in [1.29, 1.82) is 0 Å². The second-order valence-corrected chi connectivity index (χ2v) is 7.18. The summed E-state index contributed by atoms with van der Waals surface area (Å²) in [6.07, 6.45) is 5.44. The normalized spacial score (nSPS) is 30.0. The van der Waals surface area contributed by atoms with Crippen molar-refractivity contribution >= 4 is 5.91 Å². The Morgan fingerprint density at radius 2 is 2.00 bits per heavy atom. The van der Waals surface area contributed by atoms with Crippen LogP contribution < -0.4 is 5.73 Å². The molecule has 23 heavy (non-hydrogen) atoms. The Bertz CT molecular complexity index is 548. The zero-order valence-corrected chi connectivity index (χ0v) is 13.9. The summed E-state index contributed by atoms with van der Waals surface area (Å²) in [7, 11) is 0. The molecule has 2 N–H and O–H groups in total. The molecular formula is C19H27FN2O. The Hall–Kier alpha value is -1.42. The molecule has 4 heteroatoms. The van der Waals surface area contributed by atoms with E-state index in [0.717, 1.165) is 31.2 Å². The predicted molar refractivity (Wildman–Crippen MR) is 89.0 cm³/mol. The molecule has 0 spiro atoms. The van der Waals surface area contributed by atoms with Gasteiger partial charge < -0.3 is 10.6 Å². The third-order valence-electron chi connectivity index (χ3n) is 5.72. The number of fused-ring (bicyclic) bond motifs is 2. The standard InChI is InChI=1S/C19H27FN2O/c1-2-22(12-13-5-3-8-17(20)9-13)19(23)16-10-14-6-4-7-15(11-16)18(14)21/h3,5,8-9,14-16,18H,2,4,6-7,10-12,21H2,1H3. The van der Waals surface area contributed by atoms with Gasteiger partial charge in [0.1, 0.15) is 5.82 Å². The van der Waals surface area contributed by atoms with Crippen LogP contribution in [0.25, 0.3) is 0 Å². The van der Waals surface area contributed by atoms with Crippen LogP contribution in [0.15, 0.2) is 24.3 Å². The van der Waals surface area contributed by atoms with Crippen molar-refractivity contribution in [3.8, 4) is 0 Å². The number of hydrogen-bond acceptors (Lipinski definition) is 2. The molecule has 2 atom stereocenters. The number of amides is 1. The van der Waals surface area contributed by atoms with Crippen molar-refractivity contribution in [1.82, 2.24) is 4.90 Å². The van der Waals surface area contributed by atoms with E-state index in [0.29, 0.717) is 24.9 Å². The fraction of sp³-hybridized carbons (Fsp3) is 0.632. The maximum Gasteiger partial charge on any atom is 0.225 e. The molecule has 1 aromatic rings. The zero-order valence-electron chi connectivity index (χ0n) is 13.9. The lowest BCUT2D eigenvalue weighted by Gasteiger charge is -2.44. The average Bonchev–Trinajstić information content (AvgIpc) is 2.52. The average molecular weight is 318 g/mol. The van der Waals surface area contributed by atoms with E-state index in [1.54, 1.807) is 6.07 Å². The second-order valence-electron chi connectivity index (χ2n) is 7.18. The number of halogens is 1. The van der Waals surface area contributed by atoms with Gasteiger partial charge in [-0.2, -0.15) is 0 Å². The van der Waals surface area contributed by atoms with Gasteiger partial charge in [0.05, 0.1) is 0 Å². The Morgan fingerprint density at radius 3 is 2.61 bits per heavy atom. The van der Waals surface area contributed by atoms with Crippen LogP contribution in [0.5, 0.6) is 0 Å². The number of benzene rings is 1. The van der Waals surface area contributed by atoms with Gasteiger partial charge >= 0.3 is 0 Å². The highest BCUT2D eigenvalue weighted by atomic mass is 19.1. The minimum atomic E-state index is -0.246. The Labute approximate surface area is 138 Å². The van der Waals surface area contributed by atoms with Gasteiger partial charge in [-0.05, 0) is 62.1 Å². The highest BCUT2D eigenvalue weighted by Gasteiger charge is 2.41. The van der Waals surface area contributed by atoms with Crippen molar-refractivity contribution in [2.75, 3.05) is 6.54 Å². The van der Waals surface area contributed by atoms with Gasteiger partial charge in [0.2, 0.25) is 5.91 Å². The summed E-state index contributed by atoms with van der Waals surface area (Å²) in [4.78, 5) is 14.8. The number of hydrogen-bond donors (Lipinski definition) is 1. The summed E-state index contributed by atoms with van der Waals surface area (Å²) in [5.41, 5.74) is 7.18. The number of carbonyl (C=O) groups is 1. The molecule has 2 aliphatic rings. The summed E-state index contributed by atoms with van der Waals surface area (Å²) in [5.74, 6) is 1.08. The largest absolute Gasteiger partial charge is 0.338 e. The maximum absolute atomic E-state index is 13.4. The zero-order chi connectivity index (χ0) is 16.4. The van der Waals surface area contributed by atoms with Crippen molar-refractivity contribution < 1.29 is 9.18 Å². The van der Waals surface area contributed by atoms with E-state index in [1.807, 2.05) is 17.9 Å². The molecule has 0 aliphatic heterocycles. The van der Waals surface area contributed by atoms with Crippen molar-refractivity contribution in [2.24, 2.45) is 23.5 Å². The van der Waals surface area contributed by atoms with E-state index in [-0.39, 0.29) is 23.7 Å². The summed E-state index contributed by atoms with van der Waals surface area (Å²) in [6.45, 7) is 3.14. The molecule has 0 saturated heterocycles. The Morgan fingerprint density at radius 1 is 1.30 bits per heavy atom. The van der Waals surface area contributed by atoms with Crippen molar-refractivity contribution in [3.63, 3.8) is 0 Å². The molecule has 2 unspecified atom stereocenters. The topological polar surface area (TPSA) is 46.3 Å². The second kappa shape index (κ2) is 7.00. The van der Waals surface area contributed by atoms with Gasteiger partial charge in [0.15, 0.2) is 0 Å². The fourth-order valence-electron chi connectivity index (χ4n) is 4.45. The molecular weight excluding hydrogens is 291 g/mol.